The van der Waals surface area contributed by atoms with Gasteiger partial charge in [-0.1, -0.05) is 18.2 Å². The summed E-state index contributed by atoms with van der Waals surface area (Å²) in [7, 11) is -3.59. The molecule has 1 aliphatic carbocycles. The molecule has 8 heteroatoms. The number of hydrogen-bond donors (Lipinski definition) is 1. The Balaban J connectivity index is 1.30. The lowest BCUT2D eigenvalue weighted by molar-refractivity contribution is -0.158. The van der Waals surface area contributed by atoms with E-state index in [1.54, 1.807) is 18.2 Å². The third kappa shape index (κ3) is 5.28. The van der Waals surface area contributed by atoms with Crippen LogP contribution in [0.5, 0.6) is 0 Å². The van der Waals surface area contributed by atoms with E-state index in [-0.39, 0.29) is 13.1 Å². The molecule has 2 aromatic rings. The van der Waals surface area contributed by atoms with Gasteiger partial charge in [-0.25, -0.2) is 8.42 Å². The van der Waals surface area contributed by atoms with Crippen LogP contribution in [0.2, 0.25) is 0 Å². The SMILES string of the molecule is Cc1cccc(NC(=O)C(C)OC(=O)C2CCN(S(=O)(=O)c3ccc4c(c3)CCC4)CC2)c1. The van der Waals surface area contributed by atoms with E-state index in [1.807, 2.05) is 31.2 Å². The summed E-state index contributed by atoms with van der Waals surface area (Å²) in [5.74, 6) is -1.28. The maximum Gasteiger partial charge on any atom is 0.309 e. The van der Waals surface area contributed by atoms with Crippen molar-refractivity contribution in [1.82, 2.24) is 4.31 Å². The second kappa shape index (κ2) is 9.65. The van der Waals surface area contributed by atoms with Gasteiger partial charge in [-0.3, -0.25) is 9.59 Å². The summed E-state index contributed by atoms with van der Waals surface area (Å²) < 4.78 is 33.0. The first-order valence-corrected chi connectivity index (χ1v) is 12.9. The van der Waals surface area contributed by atoms with Crippen molar-refractivity contribution >= 4 is 27.6 Å². The number of esters is 1. The van der Waals surface area contributed by atoms with Crippen LogP contribution in [0.3, 0.4) is 0 Å². The molecule has 176 valence electrons. The smallest absolute Gasteiger partial charge is 0.309 e. The summed E-state index contributed by atoms with van der Waals surface area (Å²) in [5, 5.41) is 2.75. The Morgan fingerprint density at radius 1 is 1.06 bits per heavy atom. The highest BCUT2D eigenvalue weighted by Gasteiger charge is 2.34. The van der Waals surface area contributed by atoms with E-state index in [0.29, 0.717) is 23.4 Å². The summed E-state index contributed by atoms with van der Waals surface area (Å²) in [6.45, 7) is 3.97. The lowest BCUT2D eigenvalue weighted by atomic mass is 9.98. The van der Waals surface area contributed by atoms with Crippen LogP contribution in [-0.4, -0.2) is 43.8 Å². The Morgan fingerprint density at radius 2 is 1.79 bits per heavy atom. The number of carbonyl (C=O) groups is 2. The molecule has 1 N–H and O–H groups in total. The molecule has 7 nitrogen and oxygen atoms in total. The van der Waals surface area contributed by atoms with Crippen molar-refractivity contribution in [2.45, 2.75) is 57.0 Å². The third-order valence-electron chi connectivity index (χ3n) is 6.44. The lowest BCUT2D eigenvalue weighted by Gasteiger charge is -2.30. The van der Waals surface area contributed by atoms with Gasteiger partial charge >= 0.3 is 5.97 Å². The fourth-order valence-electron chi connectivity index (χ4n) is 4.48. The number of amides is 1. The van der Waals surface area contributed by atoms with Crippen molar-refractivity contribution < 1.29 is 22.7 Å². The summed E-state index contributed by atoms with van der Waals surface area (Å²) in [6.07, 6.45) is 2.79. The number of nitrogens with zero attached hydrogens (tertiary/aromatic N) is 1. The molecule has 1 amide bonds. The number of benzene rings is 2. The molecule has 0 spiro atoms. The van der Waals surface area contributed by atoms with Crippen LogP contribution >= 0.6 is 0 Å². The maximum atomic E-state index is 13.1. The van der Waals surface area contributed by atoms with Crippen LogP contribution in [-0.2, 0) is 37.2 Å². The Hall–Kier alpha value is -2.71. The molecule has 2 aliphatic rings. The van der Waals surface area contributed by atoms with Gasteiger partial charge in [0.2, 0.25) is 10.0 Å². The first-order valence-electron chi connectivity index (χ1n) is 11.4. The van der Waals surface area contributed by atoms with E-state index in [9.17, 15) is 18.0 Å². The van der Waals surface area contributed by atoms with Crippen molar-refractivity contribution in [2.24, 2.45) is 5.92 Å². The van der Waals surface area contributed by atoms with Gasteiger partial charge in [0.1, 0.15) is 0 Å². The molecule has 1 fully saturated rings. The second-order valence-electron chi connectivity index (χ2n) is 8.90. The van der Waals surface area contributed by atoms with E-state index in [1.165, 1.54) is 16.8 Å². The third-order valence-corrected chi connectivity index (χ3v) is 8.34. The van der Waals surface area contributed by atoms with Gasteiger partial charge in [-0.15, -0.1) is 0 Å². The zero-order valence-corrected chi connectivity index (χ0v) is 19.9. The van der Waals surface area contributed by atoms with Gasteiger partial charge in [0.15, 0.2) is 6.10 Å². The zero-order chi connectivity index (χ0) is 23.6. The fourth-order valence-corrected chi connectivity index (χ4v) is 6.00. The topological polar surface area (TPSA) is 92.8 Å². The highest BCUT2D eigenvalue weighted by molar-refractivity contribution is 7.89. The van der Waals surface area contributed by atoms with Crippen molar-refractivity contribution in [2.75, 3.05) is 18.4 Å². The number of fused-ring (bicyclic) bond motifs is 1. The lowest BCUT2D eigenvalue weighted by Crippen LogP contribution is -2.41. The first-order chi connectivity index (χ1) is 15.7. The molecular weight excluding hydrogens is 440 g/mol. The average Bonchev–Trinajstić information content (AvgIpc) is 3.27. The number of nitrogens with one attached hydrogen (secondary N) is 1. The minimum Gasteiger partial charge on any atom is -0.452 e. The van der Waals surface area contributed by atoms with E-state index in [0.717, 1.165) is 30.4 Å². The quantitative estimate of drug-likeness (QED) is 0.653. The number of ether oxygens (including phenoxy) is 1. The minimum atomic E-state index is -3.59. The van der Waals surface area contributed by atoms with Gasteiger partial charge in [0.05, 0.1) is 10.8 Å². The average molecular weight is 471 g/mol. The van der Waals surface area contributed by atoms with Crippen molar-refractivity contribution in [3.05, 3.63) is 59.2 Å². The minimum absolute atomic E-state index is 0.253. The molecule has 2 aromatic carbocycles. The van der Waals surface area contributed by atoms with Crippen LogP contribution in [0.15, 0.2) is 47.4 Å². The highest BCUT2D eigenvalue weighted by Crippen LogP contribution is 2.29. The first kappa shape index (κ1) is 23.4. The van der Waals surface area contributed by atoms with Crippen LogP contribution < -0.4 is 5.32 Å². The molecule has 0 saturated carbocycles. The molecule has 1 atom stereocenters. The fraction of sp³-hybridized carbons (Fsp3) is 0.440. The molecule has 1 unspecified atom stereocenters. The van der Waals surface area contributed by atoms with E-state index in [4.69, 9.17) is 4.74 Å². The number of sulfonamides is 1. The van der Waals surface area contributed by atoms with Gasteiger partial charge in [0, 0.05) is 18.8 Å². The molecule has 1 aliphatic heterocycles. The predicted molar refractivity (Wildman–Crippen MR) is 125 cm³/mol. The second-order valence-corrected chi connectivity index (χ2v) is 10.8. The standard InChI is InChI=1S/C25H30N2O5S/c1-17-5-3-8-22(15-17)26-24(28)18(2)32-25(29)20-11-13-27(14-12-20)33(30,31)23-10-9-19-6-4-7-21(19)16-23/h3,5,8-10,15-16,18,20H,4,6-7,11-14H2,1-2H3,(H,26,28). The van der Waals surface area contributed by atoms with Crippen molar-refractivity contribution in [3.63, 3.8) is 0 Å². The van der Waals surface area contributed by atoms with E-state index >= 15 is 0 Å². The molecule has 4 rings (SSSR count). The molecule has 0 bridgehead atoms. The number of rotatable bonds is 6. The zero-order valence-electron chi connectivity index (χ0n) is 19.0. The number of hydrogen-bond acceptors (Lipinski definition) is 5. The molecule has 0 radical (unpaired) electrons. The number of piperidine rings is 1. The Morgan fingerprint density at radius 3 is 2.52 bits per heavy atom. The number of anilines is 1. The molecule has 0 aromatic heterocycles. The number of carbonyl (C=O) groups excluding carboxylic acids is 2. The van der Waals surface area contributed by atoms with Crippen molar-refractivity contribution in [3.8, 4) is 0 Å². The summed E-state index contributed by atoms with van der Waals surface area (Å²) in [6, 6.07) is 12.8. The molecule has 1 heterocycles. The van der Waals surface area contributed by atoms with Gasteiger partial charge < -0.3 is 10.1 Å². The van der Waals surface area contributed by atoms with Gasteiger partial charge in [-0.2, -0.15) is 4.31 Å². The van der Waals surface area contributed by atoms with Crippen LogP contribution in [0.25, 0.3) is 0 Å². The van der Waals surface area contributed by atoms with Gasteiger partial charge in [-0.05, 0) is 86.9 Å². The largest absolute Gasteiger partial charge is 0.452 e. The molecular formula is C25H30N2O5S. The summed E-state index contributed by atoms with van der Waals surface area (Å²) >= 11 is 0. The Bertz CT molecular complexity index is 1150. The normalized spacial score (nSPS) is 17.9. The van der Waals surface area contributed by atoms with Crippen molar-refractivity contribution in [1.29, 1.82) is 0 Å². The van der Waals surface area contributed by atoms with Gasteiger partial charge in [0.25, 0.3) is 5.91 Å². The monoisotopic (exact) mass is 470 g/mol. The highest BCUT2D eigenvalue weighted by atomic mass is 32.2. The van der Waals surface area contributed by atoms with E-state index in [2.05, 4.69) is 5.32 Å². The Labute approximate surface area is 195 Å². The maximum absolute atomic E-state index is 13.1. The number of aryl methyl sites for hydroxylation is 3. The summed E-state index contributed by atoms with van der Waals surface area (Å²) in [4.78, 5) is 25.3. The molecule has 33 heavy (non-hydrogen) atoms. The predicted octanol–water partition coefficient (Wildman–Crippen LogP) is 3.45. The van der Waals surface area contributed by atoms with Crippen LogP contribution in [0, 0.1) is 12.8 Å². The van der Waals surface area contributed by atoms with E-state index < -0.39 is 33.9 Å². The van der Waals surface area contributed by atoms with Crippen LogP contribution in [0.1, 0.15) is 42.9 Å². The van der Waals surface area contributed by atoms with Crippen LogP contribution in [0.4, 0.5) is 5.69 Å². The molecule has 1 saturated heterocycles. The summed E-state index contributed by atoms with van der Waals surface area (Å²) in [5.41, 5.74) is 4.01. The Kier molecular flexibility index (Phi) is 6.86.